The van der Waals surface area contributed by atoms with Gasteiger partial charge in [-0.05, 0) is 23.8 Å². The minimum absolute atomic E-state index is 0.0426. The maximum Gasteiger partial charge on any atom is 0.230 e. The Bertz CT molecular complexity index is 974. The first-order chi connectivity index (χ1) is 12.1. The number of carbonyl (C=O) groups is 1. The number of hydrogen-bond donors (Lipinski definition) is 1. The molecule has 0 aliphatic carbocycles. The molecule has 0 bridgehead atoms. The molecule has 0 spiro atoms. The number of hydrogen-bond acceptors (Lipinski definition) is 5. The number of anilines is 1. The van der Waals surface area contributed by atoms with E-state index in [1.807, 2.05) is 0 Å². The number of fused-ring (bicyclic) bond motifs is 2. The number of benzene rings is 2. The van der Waals surface area contributed by atoms with Crippen molar-refractivity contribution in [2.75, 3.05) is 18.5 Å². The molecule has 1 aromatic heterocycles. The lowest BCUT2D eigenvalue weighted by Crippen LogP contribution is -2.17. The molecule has 0 fully saturated rings. The smallest absolute Gasteiger partial charge is 0.230 e. The summed E-state index contributed by atoms with van der Waals surface area (Å²) in [6.45, 7) is 0.970. The summed E-state index contributed by atoms with van der Waals surface area (Å²) in [6.07, 6.45) is 0.101. The molecule has 8 heteroatoms. The highest BCUT2D eigenvalue weighted by molar-refractivity contribution is 7.22. The number of nitrogens with one attached hydrogen (secondary N) is 1. The Balaban J connectivity index is 1.50. The molecule has 25 heavy (non-hydrogen) atoms. The summed E-state index contributed by atoms with van der Waals surface area (Å²) in [7, 11) is 0. The van der Waals surface area contributed by atoms with Gasteiger partial charge in [0.25, 0.3) is 0 Å². The quantitative estimate of drug-likeness (QED) is 0.774. The van der Waals surface area contributed by atoms with Crippen molar-refractivity contribution in [3.63, 3.8) is 0 Å². The Morgan fingerprint density at radius 3 is 2.80 bits per heavy atom. The first-order valence-electron chi connectivity index (χ1n) is 7.52. The number of nitrogens with zero attached hydrogens (tertiary/aromatic N) is 1. The van der Waals surface area contributed by atoms with Crippen LogP contribution in [0.2, 0.25) is 0 Å². The maximum absolute atomic E-state index is 13.7. The minimum Gasteiger partial charge on any atom is -0.486 e. The predicted octanol–water partition coefficient (Wildman–Crippen LogP) is 3.53. The lowest BCUT2D eigenvalue weighted by Gasteiger charge is -2.18. The van der Waals surface area contributed by atoms with Crippen molar-refractivity contribution in [3.05, 3.63) is 47.5 Å². The number of ether oxygens (including phenoxy) is 2. The van der Waals surface area contributed by atoms with Crippen molar-refractivity contribution in [2.24, 2.45) is 0 Å². The van der Waals surface area contributed by atoms with Gasteiger partial charge in [0, 0.05) is 6.07 Å². The highest BCUT2D eigenvalue weighted by Gasteiger charge is 2.15. The van der Waals surface area contributed by atoms with Gasteiger partial charge in [-0.1, -0.05) is 17.4 Å². The van der Waals surface area contributed by atoms with E-state index < -0.39 is 11.6 Å². The van der Waals surface area contributed by atoms with Gasteiger partial charge in [-0.15, -0.1) is 0 Å². The van der Waals surface area contributed by atoms with Gasteiger partial charge in [0.05, 0.1) is 11.1 Å². The van der Waals surface area contributed by atoms with Crippen molar-refractivity contribution < 1.29 is 23.0 Å². The number of thiazole rings is 1. The Morgan fingerprint density at radius 2 is 1.96 bits per heavy atom. The summed E-state index contributed by atoms with van der Waals surface area (Å²) in [5.41, 5.74) is 0.793. The molecule has 1 aliphatic heterocycles. The van der Waals surface area contributed by atoms with E-state index in [-0.39, 0.29) is 23.0 Å². The first-order valence-corrected chi connectivity index (χ1v) is 8.34. The summed E-state index contributed by atoms with van der Waals surface area (Å²) >= 11 is 1.02. The zero-order chi connectivity index (χ0) is 17.4. The zero-order valence-corrected chi connectivity index (χ0v) is 13.7. The van der Waals surface area contributed by atoms with E-state index >= 15 is 0 Å². The number of halogens is 2. The van der Waals surface area contributed by atoms with Gasteiger partial charge in [0.15, 0.2) is 22.4 Å². The van der Waals surface area contributed by atoms with Gasteiger partial charge >= 0.3 is 0 Å². The molecule has 0 atom stereocenters. The van der Waals surface area contributed by atoms with Gasteiger partial charge < -0.3 is 14.8 Å². The number of aromatic nitrogens is 1. The van der Waals surface area contributed by atoms with Crippen molar-refractivity contribution in [1.29, 1.82) is 0 Å². The highest BCUT2D eigenvalue weighted by Crippen LogP contribution is 2.31. The van der Waals surface area contributed by atoms with Gasteiger partial charge in [-0.3, -0.25) is 4.79 Å². The molecule has 4 rings (SSSR count). The summed E-state index contributed by atoms with van der Waals surface area (Å²) in [5.74, 6) is -0.480. The average molecular weight is 362 g/mol. The molecule has 2 heterocycles. The summed E-state index contributed by atoms with van der Waals surface area (Å²) in [6, 6.07) is 7.24. The Morgan fingerprint density at radius 1 is 1.16 bits per heavy atom. The third-order valence-electron chi connectivity index (χ3n) is 3.63. The zero-order valence-electron chi connectivity index (χ0n) is 12.8. The topological polar surface area (TPSA) is 60.5 Å². The van der Waals surface area contributed by atoms with Crippen LogP contribution in [-0.4, -0.2) is 24.1 Å². The van der Waals surface area contributed by atoms with E-state index in [9.17, 15) is 13.6 Å². The van der Waals surface area contributed by atoms with Crippen LogP contribution in [0.1, 0.15) is 5.56 Å². The molecule has 2 aromatic carbocycles. The van der Waals surface area contributed by atoms with E-state index in [0.717, 1.165) is 23.0 Å². The fourth-order valence-electron chi connectivity index (χ4n) is 2.56. The molecular formula is C17H12F2N2O3S. The molecular weight excluding hydrogens is 350 g/mol. The van der Waals surface area contributed by atoms with Crippen molar-refractivity contribution in [2.45, 2.75) is 6.42 Å². The molecule has 0 unspecified atom stereocenters. The monoisotopic (exact) mass is 362 g/mol. The SMILES string of the molecule is O=C(Cc1ccc2c(c1)OCCO2)Nc1nc2c(F)cc(F)cc2s1. The second-order valence-electron chi connectivity index (χ2n) is 5.46. The van der Waals surface area contributed by atoms with Crippen LogP contribution in [0, 0.1) is 11.6 Å². The third kappa shape index (κ3) is 3.25. The van der Waals surface area contributed by atoms with Gasteiger partial charge in [0.2, 0.25) is 5.91 Å². The number of carbonyl (C=O) groups excluding carboxylic acids is 1. The highest BCUT2D eigenvalue weighted by atomic mass is 32.1. The van der Waals surface area contributed by atoms with Crippen LogP contribution >= 0.6 is 11.3 Å². The standard InChI is InChI=1S/C17H12F2N2O3S/c18-10-7-11(19)16-14(8-10)25-17(21-16)20-15(22)6-9-1-2-12-13(5-9)24-4-3-23-12/h1-2,5,7-8H,3-4,6H2,(H,20,21,22). The van der Waals surface area contributed by atoms with Crippen molar-refractivity contribution >= 4 is 32.6 Å². The fraction of sp³-hybridized carbons (Fsp3) is 0.176. The van der Waals surface area contributed by atoms with Crippen LogP contribution < -0.4 is 14.8 Å². The molecule has 128 valence electrons. The van der Waals surface area contributed by atoms with Crippen molar-refractivity contribution in [3.8, 4) is 11.5 Å². The molecule has 0 saturated heterocycles. The fourth-order valence-corrected chi connectivity index (χ4v) is 3.48. The lowest BCUT2D eigenvalue weighted by atomic mass is 10.1. The van der Waals surface area contributed by atoms with Gasteiger partial charge in [0.1, 0.15) is 24.5 Å². The van der Waals surface area contributed by atoms with Gasteiger partial charge in [-0.25, -0.2) is 13.8 Å². The Labute approximate surface area is 145 Å². The van der Waals surface area contributed by atoms with Crippen LogP contribution in [0.5, 0.6) is 11.5 Å². The number of rotatable bonds is 3. The molecule has 3 aromatic rings. The number of amides is 1. The van der Waals surface area contributed by atoms with Gasteiger partial charge in [-0.2, -0.15) is 0 Å². The molecule has 1 aliphatic rings. The van der Waals surface area contributed by atoms with Crippen LogP contribution in [0.15, 0.2) is 30.3 Å². The Kier molecular flexibility index (Phi) is 3.96. The second kappa shape index (κ2) is 6.29. The lowest BCUT2D eigenvalue weighted by molar-refractivity contribution is -0.115. The predicted molar refractivity (Wildman–Crippen MR) is 89.3 cm³/mol. The molecule has 1 amide bonds. The second-order valence-corrected chi connectivity index (χ2v) is 6.49. The summed E-state index contributed by atoms with van der Waals surface area (Å²) < 4.78 is 38.2. The average Bonchev–Trinajstić information content (AvgIpc) is 2.97. The van der Waals surface area contributed by atoms with Crippen LogP contribution in [0.25, 0.3) is 10.2 Å². The van der Waals surface area contributed by atoms with Crippen LogP contribution in [-0.2, 0) is 11.2 Å². The van der Waals surface area contributed by atoms with Crippen LogP contribution in [0.4, 0.5) is 13.9 Å². The van der Waals surface area contributed by atoms with E-state index in [4.69, 9.17) is 9.47 Å². The maximum atomic E-state index is 13.7. The Hall–Kier alpha value is -2.74. The van der Waals surface area contributed by atoms with E-state index in [2.05, 4.69) is 10.3 Å². The van der Waals surface area contributed by atoms with Crippen molar-refractivity contribution in [1.82, 2.24) is 4.98 Å². The van der Waals surface area contributed by atoms with E-state index in [0.29, 0.717) is 29.4 Å². The molecule has 1 N–H and O–H groups in total. The molecule has 0 saturated carbocycles. The third-order valence-corrected chi connectivity index (χ3v) is 4.55. The minimum atomic E-state index is -0.751. The summed E-state index contributed by atoms with van der Waals surface area (Å²) in [4.78, 5) is 16.2. The van der Waals surface area contributed by atoms with Crippen LogP contribution in [0.3, 0.4) is 0 Å². The van der Waals surface area contributed by atoms with E-state index in [1.165, 1.54) is 6.07 Å². The molecule has 5 nitrogen and oxygen atoms in total. The summed E-state index contributed by atoms with van der Waals surface area (Å²) in [5, 5.41) is 2.84. The van der Waals surface area contributed by atoms with E-state index in [1.54, 1.807) is 18.2 Å². The largest absolute Gasteiger partial charge is 0.486 e. The first kappa shape index (κ1) is 15.8. The molecule has 0 radical (unpaired) electrons. The normalized spacial score (nSPS) is 13.0.